The highest BCUT2D eigenvalue weighted by atomic mass is 35.5. The van der Waals surface area contributed by atoms with Crippen molar-refractivity contribution in [3.8, 4) is 12.3 Å². The van der Waals surface area contributed by atoms with Gasteiger partial charge in [-0.25, -0.2) is 0 Å². The maximum atomic E-state index is 9.78. The average molecular weight is 209 g/mol. The van der Waals surface area contributed by atoms with Crippen LogP contribution in [0.15, 0.2) is 18.2 Å². The molecule has 1 atom stereocenters. The van der Waals surface area contributed by atoms with Gasteiger partial charge in [-0.05, 0) is 36.6 Å². The van der Waals surface area contributed by atoms with Crippen LogP contribution in [0, 0.1) is 19.3 Å². The Hall–Kier alpha value is -0.970. The van der Waals surface area contributed by atoms with Crippen molar-refractivity contribution in [3.63, 3.8) is 0 Å². The van der Waals surface area contributed by atoms with Crippen molar-refractivity contribution in [3.05, 3.63) is 34.3 Å². The van der Waals surface area contributed by atoms with E-state index in [0.717, 1.165) is 11.1 Å². The van der Waals surface area contributed by atoms with E-state index in [2.05, 4.69) is 5.92 Å². The summed E-state index contributed by atoms with van der Waals surface area (Å²) in [6.07, 6.45) is 5.83. The van der Waals surface area contributed by atoms with Gasteiger partial charge >= 0.3 is 0 Å². The van der Waals surface area contributed by atoms with Crippen LogP contribution < -0.4 is 0 Å². The fraction of sp³-hybridized carbons (Fsp3) is 0.333. The highest BCUT2D eigenvalue weighted by Crippen LogP contribution is 2.24. The van der Waals surface area contributed by atoms with Crippen LogP contribution in [-0.2, 0) is 0 Å². The molecule has 0 aromatic heterocycles. The Bertz CT molecular complexity index is 352. The topological polar surface area (TPSA) is 20.2 Å². The third kappa shape index (κ3) is 2.77. The van der Waals surface area contributed by atoms with Crippen molar-refractivity contribution in [2.75, 3.05) is 0 Å². The van der Waals surface area contributed by atoms with Crippen molar-refractivity contribution in [2.24, 2.45) is 0 Å². The van der Waals surface area contributed by atoms with Gasteiger partial charge in [0.1, 0.15) is 0 Å². The summed E-state index contributed by atoms with van der Waals surface area (Å²) in [4.78, 5) is 0. The highest BCUT2D eigenvalue weighted by Gasteiger charge is 2.09. The minimum atomic E-state index is -0.483. The predicted molar refractivity (Wildman–Crippen MR) is 59.2 cm³/mol. The van der Waals surface area contributed by atoms with E-state index in [0.29, 0.717) is 17.9 Å². The number of benzene rings is 1. The molecule has 0 fully saturated rings. The quantitative estimate of drug-likeness (QED) is 0.757. The molecule has 0 saturated carbocycles. The first-order chi connectivity index (χ1) is 6.65. The molecule has 0 aliphatic heterocycles. The van der Waals surface area contributed by atoms with E-state index >= 15 is 0 Å². The number of hydrogen-bond donors (Lipinski definition) is 1. The third-order valence-corrected chi connectivity index (χ3v) is 2.39. The van der Waals surface area contributed by atoms with Crippen LogP contribution in [0.2, 0.25) is 5.02 Å². The van der Waals surface area contributed by atoms with Crippen molar-refractivity contribution in [1.29, 1.82) is 0 Å². The predicted octanol–water partition coefficient (Wildman–Crippen LogP) is 3.10. The van der Waals surface area contributed by atoms with Crippen molar-refractivity contribution in [2.45, 2.75) is 25.9 Å². The third-order valence-electron chi connectivity index (χ3n) is 2.15. The van der Waals surface area contributed by atoms with Gasteiger partial charge in [-0.2, -0.15) is 0 Å². The lowest BCUT2D eigenvalue weighted by Gasteiger charge is -2.12. The first-order valence-electron chi connectivity index (χ1n) is 4.52. The summed E-state index contributed by atoms with van der Waals surface area (Å²) >= 11 is 5.81. The number of aliphatic hydroxyl groups is 1. The zero-order valence-electron chi connectivity index (χ0n) is 8.13. The SMILES string of the molecule is C#CCCC(O)c1ccc(Cl)cc1C. The van der Waals surface area contributed by atoms with Gasteiger partial charge < -0.3 is 5.11 Å². The van der Waals surface area contributed by atoms with Crippen LogP contribution in [-0.4, -0.2) is 5.11 Å². The van der Waals surface area contributed by atoms with Gasteiger partial charge in [0.25, 0.3) is 0 Å². The van der Waals surface area contributed by atoms with Crippen LogP contribution in [0.5, 0.6) is 0 Å². The van der Waals surface area contributed by atoms with E-state index in [4.69, 9.17) is 18.0 Å². The molecule has 1 aromatic rings. The molecule has 1 N–H and O–H groups in total. The lowest BCUT2D eigenvalue weighted by Crippen LogP contribution is -1.99. The van der Waals surface area contributed by atoms with E-state index in [1.807, 2.05) is 19.1 Å². The van der Waals surface area contributed by atoms with Gasteiger partial charge in [0.15, 0.2) is 0 Å². The molecule has 1 rings (SSSR count). The van der Waals surface area contributed by atoms with Crippen LogP contribution >= 0.6 is 11.6 Å². The lowest BCUT2D eigenvalue weighted by atomic mass is 10.0. The molecular formula is C12H13ClO. The molecule has 0 aliphatic rings. The molecule has 0 aliphatic carbocycles. The standard InChI is InChI=1S/C12H13ClO/c1-3-4-5-12(14)11-7-6-10(13)8-9(11)2/h1,6-8,12,14H,4-5H2,2H3. The van der Waals surface area contributed by atoms with E-state index in [1.54, 1.807) is 6.07 Å². The Morgan fingerprint density at radius 3 is 2.86 bits per heavy atom. The monoisotopic (exact) mass is 208 g/mol. The summed E-state index contributed by atoms with van der Waals surface area (Å²) in [5.74, 6) is 2.51. The molecule has 74 valence electrons. The highest BCUT2D eigenvalue weighted by molar-refractivity contribution is 6.30. The van der Waals surface area contributed by atoms with Gasteiger partial charge in [-0.15, -0.1) is 12.3 Å². The summed E-state index contributed by atoms with van der Waals surface area (Å²) in [7, 11) is 0. The van der Waals surface area contributed by atoms with E-state index in [-0.39, 0.29) is 0 Å². The molecule has 1 nitrogen and oxygen atoms in total. The second kappa shape index (κ2) is 5.05. The Balaban J connectivity index is 2.80. The van der Waals surface area contributed by atoms with E-state index in [9.17, 15) is 5.11 Å². The molecule has 0 heterocycles. The smallest absolute Gasteiger partial charge is 0.0801 e. The van der Waals surface area contributed by atoms with Crippen LogP contribution in [0.3, 0.4) is 0 Å². The van der Waals surface area contributed by atoms with Crippen LogP contribution in [0.1, 0.15) is 30.1 Å². The summed E-state index contributed by atoms with van der Waals surface area (Å²) in [6.45, 7) is 1.93. The molecule has 0 saturated heterocycles. The van der Waals surface area contributed by atoms with Gasteiger partial charge in [0.05, 0.1) is 6.10 Å². The first kappa shape index (κ1) is 11.1. The first-order valence-corrected chi connectivity index (χ1v) is 4.90. The average Bonchev–Trinajstić information content (AvgIpc) is 2.14. The zero-order valence-corrected chi connectivity index (χ0v) is 8.88. The largest absolute Gasteiger partial charge is 0.388 e. The summed E-state index contributed by atoms with van der Waals surface area (Å²) < 4.78 is 0. The molecule has 0 spiro atoms. The molecule has 2 heteroatoms. The van der Waals surface area contributed by atoms with Gasteiger partial charge in [0, 0.05) is 11.4 Å². The Morgan fingerprint density at radius 2 is 2.29 bits per heavy atom. The normalized spacial score (nSPS) is 12.1. The summed E-state index contributed by atoms with van der Waals surface area (Å²) in [5, 5.41) is 10.5. The van der Waals surface area contributed by atoms with E-state index < -0.39 is 6.10 Å². The fourth-order valence-electron chi connectivity index (χ4n) is 1.39. The number of rotatable bonds is 3. The van der Waals surface area contributed by atoms with Crippen molar-refractivity contribution < 1.29 is 5.11 Å². The zero-order chi connectivity index (χ0) is 10.6. The lowest BCUT2D eigenvalue weighted by molar-refractivity contribution is 0.169. The molecule has 0 amide bonds. The minimum Gasteiger partial charge on any atom is -0.388 e. The van der Waals surface area contributed by atoms with Crippen LogP contribution in [0.25, 0.3) is 0 Å². The Labute approximate surface area is 89.7 Å². The number of terminal acetylenes is 1. The molecule has 1 unspecified atom stereocenters. The second-order valence-corrected chi connectivity index (χ2v) is 3.70. The van der Waals surface area contributed by atoms with Crippen molar-refractivity contribution in [1.82, 2.24) is 0 Å². The van der Waals surface area contributed by atoms with Gasteiger partial charge in [-0.3, -0.25) is 0 Å². The molecule has 0 radical (unpaired) electrons. The number of aliphatic hydroxyl groups excluding tert-OH is 1. The number of hydrogen-bond acceptors (Lipinski definition) is 1. The number of halogens is 1. The minimum absolute atomic E-state index is 0.483. The second-order valence-electron chi connectivity index (χ2n) is 3.26. The van der Waals surface area contributed by atoms with Gasteiger partial charge in [0.2, 0.25) is 0 Å². The molecule has 0 bridgehead atoms. The molecule has 1 aromatic carbocycles. The van der Waals surface area contributed by atoms with Crippen molar-refractivity contribution >= 4 is 11.6 Å². The van der Waals surface area contributed by atoms with E-state index in [1.165, 1.54) is 0 Å². The Kier molecular flexibility index (Phi) is 4.00. The van der Waals surface area contributed by atoms with Gasteiger partial charge in [-0.1, -0.05) is 17.7 Å². The number of aryl methyl sites for hydroxylation is 1. The summed E-state index contributed by atoms with van der Waals surface area (Å²) in [6, 6.07) is 5.47. The fourth-order valence-corrected chi connectivity index (χ4v) is 1.62. The Morgan fingerprint density at radius 1 is 1.57 bits per heavy atom. The molecular weight excluding hydrogens is 196 g/mol. The maximum absolute atomic E-state index is 9.78. The van der Waals surface area contributed by atoms with Crippen LogP contribution in [0.4, 0.5) is 0 Å². The summed E-state index contributed by atoms with van der Waals surface area (Å²) in [5.41, 5.74) is 1.91. The maximum Gasteiger partial charge on any atom is 0.0801 e. The molecule has 14 heavy (non-hydrogen) atoms.